The van der Waals surface area contributed by atoms with Crippen LogP contribution < -0.4 is 5.32 Å². The zero-order chi connectivity index (χ0) is 14.9. The van der Waals surface area contributed by atoms with E-state index in [1.54, 1.807) is 7.05 Å². The first kappa shape index (κ1) is 15.2. The Balaban J connectivity index is 2.55. The molecule has 0 aliphatic rings. The first-order chi connectivity index (χ1) is 9.43. The van der Waals surface area contributed by atoms with Gasteiger partial charge in [-0.15, -0.1) is 0 Å². The highest BCUT2D eigenvalue weighted by molar-refractivity contribution is 14.1. The average Bonchev–Trinajstić information content (AvgIpc) is 2.38. The SMILES string of the molecule is CNC(c1cc(F)c(F)cc1F)c1ccc(F)cc1I. The summed E-state index contributed by atoms with van der Waals surface area (Å²) < 4.78 is 53.8. The van der Waals surface area contributed by atoms with Gasteiger partial charge in [0.25, 0.3) is 0 Å². The van der Waals surface area contributed by atoms with Crippen LogP contribution in [-0.2, 0) is 0 Å². The van der Waals surface area contributed by atoms with Gasteiger partial charge in [-0.1, -0.05) is 6.07 Å². The second-order valence-corrected chi connectivity index (χ2v) is 5.34. The molecule has 0 aromatic heterocycles. The van der Waals surface area contributed by atoms with Crippen molar-refractivity contribution in [1.82, 2.24) is 5.32 Å². The normalized spacial score (nSPS) is 12.5. The Morgan fingerprint density at radius 1 is 0.900 bits per heavy atom. The molecule has 0 saturated heterocycles. The molecule has 0 aliphatic carbocycles. The summed E-state index contributed by atoms with van der Waals surface area (Å²) in [6.07, 6.45) is 0. The quantitative estimate of drug-likeness (QED) is 0.468. The van der Waals surface area contributed by atoms with Crippen molar-refractivity contribution < 1.29 is 17.6 Å². The van der Waals surface area contributed by atoms with Crippen LogP contribution in [0.1, 0.15) is 17.2 Å². The maximum atomic E-state index is 13.8. The molecule has 0 radical (unpaired) electrons. The number of halogens is 5. The fourth-order valence-electron chi connectivity index (χ4n) is 1.97. The van der Waals surface area contributed by atoms with E-state index in [-0.39, 0.29) is 5.56 Å². The number of rotatable bonds is 3. The van der Waals surface area contributed by atoms with Crippen molar-refractivity contribution in [3.63, 3.8) is 0 Å². The van der Waals surface area contributed by atoms with Gasteiger partial charge in [-0.25, -0.2) is 17.6 Å². The predicted octanol–water partition coefficient (Wildman–Crippen LogP) is 4.16. The van der Waals surface area contributed by atoms with Gasteiger partial charge in [0.1, 0.15) is 11.6 Å². The fourth-order valence-corrected chi connectivity index (χ4v) is 2.76. The van der Waals surface area contributed by atoms with E-state index in [0.717, 1.165) is 6.07 Å². The van der Waals surface area contributed by atoms with Crippen molar-refractivity contribution in [2.45, 2.75) is 6.04 Å². The third-order valence-electron chi connectivity index (χ3n) is 2.91. The Labute approximate surface area is 127 Å². The molecule has 1 nitrogen and oxygen atoms in total. The lowest BCUT2D eigenvalue weighted by molar-refractivity contribution is 0.483. The maximum Gasteiger partial charge on any atom is 0.161 e. The van der Waals surface area contributed by atoms with Crippen LogP contribution in [0.4, 0.5) is 17.6 Å². The van der Waals surface area contributed by atoms with E-state index in [4.69, 9.17) is 0 Å². The molecule has 106 valence electrons. The van der Waals surface area contributed by atoms with E-state index in [1.807, 2.05) is 22.6 Å². The van der Waals surface area contributed by atoms with Crippen LogP contribution in [-0.4, -0.2) is 7.05 Å². The molecule has 20 heavy (non-hydrogen) atoms. The second kappa shape index (κ2) is 6.09. The highest BCUT2D eigenvalue weighted by Crippen LogP contribution is 2.29. The van der Waals surface area contributed by atoms with Crippen LogP contribution in [0.3, 0.4) is 0 Å². The van der Waals surface area contributed by atoms with Crippen LogP contribution in [0.15, 0.2) is 30.3 Å². The molecule has 2 aromatic carbocycles. The molecule has 1 N–H and O–H groups in total. The van der Waals surface area contributed by atoms with Gasteiger partial charge in [0.2, 0.25) is 0 Å². The van der Waals surface area contributed by atoms with E-state index < -0.39 is 29.3 Å². The highest BCUT2D eigenvalue weighted by Gasteiger charge is 2.21. The van der Waals surface area contributed by atoms with E-state index in [1.165, 1.54) is 18.2 Å². The van der Waals surface area contributed by atoms with E-state index in [2.05, 4.69) is 5.32 Å². The molecular weight excluding hydrogens is 385 g/mol. The van der Waals surface area contributed by atoms with Crippen LogP contribution >= 0.6 is 22.6 Å². The summed E-state index contributed by atoms with van der Waals surface area (Å²) in [5.41, 5.74) is 0.551. The van der Waals surface area contributed by atoms with Crippen LogP contribution in [0, 0.1) is 26.8 Å². The zero-order valence-corrected chi connectivity index (χ0v) is 12.5. The second-order valence-electron chi connectivity index (χ2n) is 4.18. The Bertz CT molecular complexity index is 645. The summed E-state index contributed by atoms with van der Waals surface area (Å²) in [5.74, 6) is -3.64. The summed E-state index contributed by atoms with van der Waals surface area (Å²) in [4.78, 5) is 0. The molecule has 0 saturated carbocycles. The third-order valence-corrected chi connectivity index (χ3v) is 3.85. The van der Waals surface area contributed by atoms with Crippen LogP contribution in [0.25, 0.3) is 0 Å². The molecule has 0 fully saturated rings. The summed E-state index contributed by atoms with van der Waals surface area (Å²) in [5, 5.41) is 2.83. The smallest absolute Gasteiger partial charge is 0.161 e. The van der Waals surface area contributed by atoms with Crippen molar-refractivity contribution in [3.8, 4) is 0 Å². The fraction of sp³-hybridized carbons (Fsp3) is 0.143. The number of nitrogens with one attached hydrogen (secondary N) is 1. The molecule has 6 heteroatoms. The minimum Gasteiger partial charge on any atom is -0.309 e. The van der Waals surface area contributed by atoms with Gasteiger partial charge < -0.3 is 5.32 Å². The lowest BCUT2D eigenvalue weighted by Crippen LogP contribution is -2.20. The number of hydrogen-bond acceptors (Lipinski definition) is 1. The number of benzene rings is 2. The minimum atomic E-state index is -1.24. The minimum absolute atomic E-state index is 0.0316. The summed E-state index contributed by atoms with van der Waals surface area (Å²) in [6, 6.07) is 4.63. The third kappa shape index (κ3) is 2.95. The number of hydrogen-bond donors (Lipinski definition) is 1. The Morgan fingerprint density at radius 2 is 1.55 bits per heavy atom. The molecule has 1 unspecified atom stereocenters. The standard InChI is InChI=1S/C14H10F4IN/c1-20-14(8-3-2-7(15)4-13(8)19)9-5-11(17)12(18)6-10(9)16/h2-6,14,20H,1H3. The van der Waals surface area contributed by atoms with E-state index >= 15 is 0 Å². The first-order valence-corrected chi connectivity index (χ1v) is 6.78. The van der Waals surface area contributed by atoms with Gasteiger partial charge >= 0.3 is 0 Å². The monoisotopic (exact) mass is 395 g/mol. The van der Waals surface area contributed by atoms with Gasteiger partial charge in [-0.05, 0) is 53.4 Å². The van der Waals surface area contributed by atoms with Crippen molar-refractivity contribution in [3.05, 3.63) is 68.3 Å². The highest BCUT2D eigenvalue weighted by atomic mass is 127. The molecule has 0 heterocycles. The van der Waals surface area contributed by atoms with Crippen molar-refractivity contribution in [2.24, 2.45) is 0 Å². The van der Waals surface area contributed by atoms with E-state index in [0.29, 0.717) is 15.2 Å². The Hall–Kier alpha value is -1.15. The molecular formula is C14H10F4IN. The molecule has 0 spiro atoms. The van der Waals surface area contributed by atoms with Gasteiger partial charge in [0.05, 0.1) is 6.04 Å². The Kier molecular flexibility index (Phi) is 4.64. The maximum absolute atomic E-state index is 13.8. The largest absolute Gasteiger partial charge is 0.309 e. The zero-order valence-electron chi connectivity index (χ0n) is 10.4. The van der Waals surface area contributed by atoms with Gasteiger partial charge in [-0.2, -0.15) is 0 Å². The molecule has 2 rings (SSSR count). The average molecular weight is 395 g/mol. The molecule has 0 amide bonds. The van der Waals surface area contributed by atoms with Crippen LogP contribution in [0.2, 0.25) is 0 Å². The van der Waals surface area contributed by atoms with E-state index in [9.17, 15) is 17.6 Å². The summed E-state index contributed by atoms with van der Waals surface area (Å²) in [6.45, 7) is 0. The van der Waals surface area contributed by atoms with Gasteiger partial charge in [0.15, 0.2) is 11.6 Å². The topological polar surface area (TPSA) is 12.0 Å². The van der Waals surface area contributed by atoms with Crippen molar-refractivity contribution >= 4 is 22.6 Å². The summed E-state index contributed by atoms with van der Waals surface area (Å²) in [7, 11) is 1.56. The lowest BCUT2D eigenvalue weighted by Gasteiger charge is -2.19. The van der Waals surface area contributed by atoms with Gasteiger partial charge in [0, 0.05) is 15.2 Å². The first-order valence-electron chi connectivity index (χ1n) is 5.70. The summed E-state index contributed by atoms with van der Waals surface area (Å²) >= 11 is 1.91. The molecule has 2 aromatic rings. The molecule has 1 atom stereocenters. The van der Waals surface area contributed by atoms with Crippen molar-refractivity contribution in [1.29, 1.82) is 0 Å². The predicted molar refractivity (Wildman–Crippen MR) is 76.3 cm³/mol. The molecule has 0 bridgehead atoms. The lowest BCUT2D eigenvalue weighted by atomic mass is 9.98. The molecule has 0 aliphatic heterocycles. The van der Waals surface area contributed by atoms with Crippen LogP contribution in [0.5, 0.6) is 0 Å². The van der Waals surface area contributed by atoms with Crippen molar-refractivity contribution in [2.75, 3.05) is 7.05 Å². The Morgan fingerprint density at radius 3 is 2.15 bits per heavy atom. The van der Waals surface area contributed by atoms with Gasteiger partial charge in [-0.3, -0.25) is 0 Å².